The highest BCUT2D eigenvalue weighted by molar-refractivity contribution is 5.45. The van der Waals surface area contributed by atoms with Crippen molar-refractivity contribution in [1.82, 2.24) is 0 Å². The van der Waals surface area contributed by atoms with E-state index >= 15 is 0 Å². The van der Waals surface area contributed by atoms with Crippen molar-refractivity contribution >= 4 is 0 Å². The summed E-state index contributed by atoms with van der Waals surface area (Å²) in [6, 6.07) is 4.89. The molecule has 0 aliphatic heterocycles. The lowest BCUT2D eigenvalue weighted by Gasteiger charge is -2.14. The zero-order valence-corrected chi connectivity index (χ0v) is 8.56. The maximum absolute atomic E-state index is 9.39. The first kappa shape index (κ1) is 10.3. The van der Waals surface area contributed by atoms with Gasteiger partial charge in [0.25, 0.3) is 0 Å². The Morgan fingerprint density at radius 3 is 2.53 bits per heavy atom. The van der Waals surface area contributed by atoms with Crippen LogP contribution in [-0.2, 0) is 15.2 Å². The van der Waals surface area contributed by atoms with Crippen LogP contribution in [-0.4, -0.2) is 23.9 Å². The van der Waals surface area contributed by atoms with Gasteiger partial charge < -0.3 is 10.2 Å². The van der Waals surface area contributed by atoms with Crippen LogP contribution in [0.2, 0.25) is 0 Å². The van der Waals surface area contributed by atoms with Gasteiger partial charge in [-0.3, -0.25) is 0 Å². The second kappa shape index (κ2) is 3.72. The summed E-state index contributed by atoms with van der Waals surface area (Å²) >= 11 is 0. The van der Waals surface area contributed by atoms with Crippen LogP contribution in [0.3, 0.4) is 0 Å². The molecule has 15 heavy (non-hydrogen) atoms. The van der Waals surface area contributed by atoms with Crippen molar-refractivity contribution < 1.29 is 20.0 Å². The number of hydrogen-bond acceptors (Lipinski definition) is 4. The van der Waals surface area contributed by atoms with Crippen molar-refractivity contribution in [2.45, 2.75) is 18.3 Å². The molecule has 82 valence electrons. The van der Waals surface area contributed by atoms with Crippen LogP contribution >= 0.6 is 0 Å². The molecule has 1 saturated carbocycles. The summed E-state index contributed by atoms with van der Waals surface area (Å²) in [6.45, 7) is 0.480. The summed E-state index contributed by atoms with van der Waals surface area (Å²) < 4.78 is 0. The van der Waals surface area contributed by atoms with Gasteiger partial charge in [-0.05, 0) is 30.5 Å². The molecule has 0 spiro atoms. The van der Waals surface area contributed by atoms with Crippen molar-refractivity contribution in [2.75, 3.05) is 13.7 Å². The molecule has 0 radical (unpaired) electrons. The fraction of sp³-hybridized carbons (Fsp3) is 0.455. The van der Waals surface area contributed by atoms with Gasteiger partial charge in [-0.2, -0.15) is 0 Å². The van der Waals surface area contributed by atoms with Gasteiger partial charge in [0.15, 0.2) is 11.5 Å². The van der Waals surface area contributed by atoms with Crippen LogP contribution in [0.4, 0.5) is 0 Å². The molecule has 0 unspecified atom stereocenters. The molecule has 4 nitrogen and oxygen atoms in total. The summed E-state index contributed by atoms with van der Waals surface area (Å²) in [5.41, 5.74) is 0.941. The maximum Gasteiger partial charge on any atom is 0.157 e. The lowest BCUT2D eigenvalue weighted by molar-refractivity contribution is -0.277. The predicted octanol–water partition coefficient (Wildman–Crippen LogP) is 1.71. The first-order valence-corrected chi connectivity index (χ1v) is 4.86. The van der Waals surface area contributed by atoms with Crippen LogP contribution in [0.15, 0.2) is 18.2 Å². The Labute approximate surface area is 88.0 Å². The molecule has 0 atom stereocenters. The number of hydrogen-bond donors (Lipinski definition) is 2. The molecule has 0 heterocycles. The fourth-order valence-electron chi connectivity index (χ4n) is 1.69. The fourth-order valence-corrected chi connectivity index (χ4v) is 1.69. The average molecular weight is 210 g/mol. The van der Waals surface area contributed by atoms with E-state index in [0.29, 0.717) is 6.61 Å². The van der Waals surface area contributed by atoms with Crippen LogP contribution in [0.5, 0.6) is 11.5 Å². The van der Waals surface area contributed by atoms with E-state index in [1.54, 1.807) is 12.1 Å². The van der Waals surface area contributed by atoms with Crippen molar-refractivity contribution in [1.29, 1.82) is 0 Å². The van der Waals surface area contributed by atoms with Crippen molar-refractivity contribution in [3.8, 4) is 11.5 Å². The molecule has 1 aliphatic carbocycles. The van der Waals surface area contributed by atoms with E-state index in [9.17, 15) is 10.2 Å². The first-order chi connectivity index (χ1) is 7.18. The smallest absolute Gasteiger partial charge is 0.157 e. The summed E-state index contributed by atoms with van der Waals surface area (Å²) in [7, 11) is 1.48. The van der Waals surface area contributed by atoms with Crippen molar-refractivity contribution in [3.05, 3.63) is 23.8 Å². The number of phenols is 2. The van der Waals surface area contributed by atoms with E-state index < -0.39 is 0 Å². The Kier molecular flexibility index (Phi) is 2.54. The predicted molar refractivity (Wildman–Crippen MR) is 53.6 cm³/mol. The molecule has 0 aromatic heterocycles. The molecule has 2 N–H and O–H groups in total. The Morgan fingerprint density at radius 2 is 2.00 bits per heavy atom. The minimum Gasteiger partial charge on any atom is -0.504 e. The van der Waals surface area contributed by atoms with Crippen LogP contribution in [0.1, 0.15) is 18.4 Å². The third-order valence-electron chi connectivity index (χ3n) is 2.89. The van der Waals surface area contributed by atoms with Crippen molar-refractivity contribution in [2.24, 2.45) is 0 Å². The highest BCUT2D eigenvalue weighted by Gasteiger charge is 2.45. The van der Waals surface area contributed by atoms with Gasteiger partial charge in [0.05, 0.1) is 13.7 Å². The molecule has 0 amide bonds. The topological polar surface area (TPSA) is 58.9 Å². The largest absolute Gasteiger partial charge is 0.504 e. The third kappa shape index (κ3) is 1.91. The molecule has 0 saturated heterocycles. The zero-order valence-electron chi connectivity index (χ0n) is 8.56. The third-order valence-corrected chi connectivity index (χ3v) is 2.89. The molecular weight excluding hydrogens is 196 g/mol. The Hall–Kier alpha value is -1.26. The number of benzene rings is 1. The van der Waals surface area contributed by atoms with Crippen LogP contribution in [0, 0.1) is 0 Å². The van der Waals surface area contributed by atoms with E-state index in [1.165, 1.54) is 13.2 Å². The summed E-state index contributed by atoms with van der Waals surface area (Å²) in [4.78, 5) is 9.52. The zero-order chi connectivity index (χ0) is 10.9. The second-order valence-electron chi connectivity index (χ2n) is 3.91. The molecule has 1 aromatic rings. The number of phenolic OH excluding ortho intramolecular Hbond substituents is 2. The lowest BCUT2D eigenvalue weighted by atomic mass is 9.97. The molecule has 1 fully saturated rings. The van der Waals surface area contributed by atoms with E-state index in [4.69, 9.17) is 4.89 Å². The number of aromatic hydroxyl groups is 2. The normalized spacial score (nSPS) is 17.7. The van der Waals surface area contributed by atoms with Crippen LogP contribution in [0.25, 0.3) is 0 Å². The lowest BCUT2D eigenvalue weighted by Crippen LogP contribution is -2.14. The Morgan fingerprint density at radius 1 is 1.27 bits per heavy atom. The highest BCUT2D eigenvalue weighted by Crippen LogP contribution is 2.49. The van der Waals surface area contributed by atoms with E-state index in [1.807, 2.05) is 0 Å². The minimum absolute atomic E-state index is 0.0405. The SMILES string of the molecule is COOCC1(c2ccc(O)c(O)c2)CC1. The van der Waals surface area contributed by atoms with Crippen LogP contribution < -0.4 is 0 Å². The molecule has 1 aromatic carbocycles. The molecule has 4 heteroatoms. The van der Waals surface area contributed by atoms with Gasteiger partial charge in [0.2, 0.25) is 0 Å². The molecule has 1 aliphatic rings. The van der Waals surface area contributed by atoms with Gasteiger partial charge in [-0.15, -0.1) is 0 Å². The van der Waals surface area contributed by atoms with E-state index in [0.717, 1.165) is 18.4 Å². The quantitative estimate of drug-likeness (QED) is 0.451. The molecule has 2 rings (SSSR count). The van der Waals surface area contributed by atoms with Gasteiger partial charge in [-0.1, -0.05) is 6.07 Å². The van der Waals surface area contributed by atoms with Gasteiger partial charge in [-0.25, -0.2) is 9.78 Å². The highest BCUT2D eigenvalue weighted by atomic mass is 17.2. The summed E-state index contributed by atoms with van der Waals surface area (Å²) in [6.07, 6.45) is 2.03. The average Bonchev–Trinajstić information content (AvgIpc) is 3.00. The molecular formula is C11H14O4. The van der Waals surface area contributed by atoms with Crippen molar-refractivity contribution in [3.63, 3.8) is 0 Å². The minimum atomic E-state index is -0.0952. The monoisotopic (exact) mass is 210 g/mol. The van der Waals surface area contributed by atoms with Gasteiger partial charge in [0.1, 0.15) is 0 Å². The summed E-state index contributed by atoms with van der Waals surface area (Å²) in [5, 5.41) is 18.6. The molecule has 0 bridgehead atoms. The Bertz CT molecular complexity index is 358. The van der Waals surface area contributed by atoms with E-state index in [-0.39, 0.29) is 16.9 Å². The maximum atomic E-state index is 9.39. The Balaban J connectivity index is 2.18. The van der Waals surface area contributed by atoms with E-state index in [2.05, 4.69) is 4.89 Å². The van der Waals surface area contributed by atoms with Gasteiger partial charge in [0, 0.05) is 5.41 Å². The first-order valence-electron chi connectivity index (χ1n) is 4.86. The standard InChI is InChI=1S/C11H14O4/c1-14-15-7-11(4-5-11)8-2-3-9(12)10(13)6-8/h2-3,6,12-13H,4-5,7H2,1H3. The second-order valence-corrected chi connectivity index (χ2v) is 3.91. The summed E-state index contributed by atoms with van der Waals surface area (Å²) in [5.74, 6) is -0.182. The number of rotatable bonds is 4. The van der Waals surface area contributed by atoms with Gasteiger partial charge >= 0.3 is 0 Å².